The second kappa shape index (κ2) is 6.77. The fourth-order valence-corrected chi connectivity index (χ4v) is 1.60. The highest BCUT2D eigenvalue weighted by molar-refractivity contribution is 5.38. The van der Waals surface area contributed by atoms with Gasteiger partial charge in [0.2, 0.25) is 0 Å². The number of hydrogen-bond acceptors (Lipinski definition) is 8. The lowest BCUT2D eigenvalue weighted by Gasteiger charge is -2.39. The summed E-state index contributed by atoms with van der Waals surface area (Å²) >= 11 is 0. The lowest BCUT2D eigenvalue weighted by Crippen LogP contribution is -2.58. The molecule has 2 N–H and O–H groups in total. The van der Waals surface area contributed by atoms with Crippen molar-refractivity contribution in [3.8, 4) is 0 Å². The van der Waals surface area contributed by atoms with E-state index in [1.165, 1.54) is 0 Å². The molecular weight excluding hydrogens is 250 g/mol. The van der Waals surface area contributed by atoms with Crippen LogP contribution in [0.4, 0.5) is 0 Å². The van der Waals surface area contributed by atoms with Gasteiger partial charge in [-0.1, -0.05) is 5.11 Å². The molecule has 1 rings (SSSR count). The van der Waals surface area contributed by atoms with Gasteiger partial charge >= 0.3 is 0 Å². The van der Waals surface area contributed by atoms with E-state index in [0.717, 1.165) is 0 Å². The van der Waals surface area contributed by atoms with Crippen molar-refractivity contribution in [2.45, 2.75) is 30.6 Å². The summed E-state index contributed by atoms with van der Waals surface area (Å²) in [5.41, 5.74) is 8.31. The molecule has 0 spiro atoms. The SMILES string of the molecule is [N-]=[N+]=N[C@@H]1C(OC=O)[C@@H](O)C(COC=O)O[C@H]1O. The van der Waals surface area contributed by atoms with E-state index < -0.39 is 30.6 Å². The van der Waals surface area contributed by atoms with Gasteiger partial charge in [-0.25, -0.2) is 0 Å². The number of aliphatic hydroxyl groups is 2. The fraction of sp³-hybridized carbons (Fsp3) is 0.750. The molecule has 10 heteroatoms. The van der Waals surface area contributed by atoms with E-state index in [-0.39, 0.29) is 19.6 Å². The molecule has 1 heterocycles. The van der Waals surface area contributed by atoms with Crippen LogP contribution >= 0.6 is 0 Å². The number of rotatable bonds is 6. The van der Waals surface area contributed by atoms with Gasteiger partial charge in [-0.3, -0.25) is 9.59 Å². The van der Waals surface area contributed by atoms with E-state index in [1.54, 1.807) is 0 Å². The van der Waals surface area contributed by atoms with Gasteiger partial charge in [0.05, 0.1) is 0 Å². The number of ether oxygens (including phenoxy) is 3. The zero-order valence-corrected chi connectivity index (χ0v) is 9.03. The Morgan fingerprint density at radius 1 is 1.39 bits per heavy atom. The molecule has 1 saturated heterocycles. The van der Waals surface area contributed by atoms with Gasteiger partial charge in [-0.2, -0.15) is 0 Å². The minimum atomic E-state index is -1.59. The van der Waals surface area contributed by atoms with Crippen LogP contribution < -0.4 is 0 Å². The summed E-state index contributed by atoms with van der Waals surface area (Å²) in [6.07, 6.45) is -5.38. The Kier molecular flexibility index (Phi) is 5.33. The predicted octanol–water partition coefficient (Wildman–Crippen LogP) is -1.54. The molecule has 0 aliphatic carbocycles. The Balaban J connectivity index is 2.84. The van der Waals surface area contributed by atoms with Crippen molar-refractivity contribution >= 4 is 12.9 Å². The maximum absolute atomic E-state index is 10.3. The number of hydrogen-bond donors (Lipinski definition) is 2. The fourth-order valence-electron chi connectivity index (χ4n) is 1.60. The maximum Gasteiger partial charge on any atom is 0.293 e. The van der Waals surface area contributed by atoms with Gasteiger partial charge in [-0.15, -0.1) is 0 Å². The van der Waals surface area contributed by atoms with Crippen LogP contribution in [0.2, 0.25) is 0 Å². The number of nitrogens with zero attached hydrogens (tertiary/aromatic N) is 3. The Bertz CT molecular complexity index is 346. The molecule has 0 amide bonds. The molecule has 18 heavy (non-hydrogen) atoms. The van der Waals surface area contributed by atoms with Gasteiger partial charge in [0.1, 0.15) is 31.0 Å². The Morgan fingerprint density at radius 3 is 2.67 bits per heavy atom. The van der Waals surface area contributed by atoms with Crippen LogP contribution in [0.3, 0.4) is 0 Å². The lowest BCUT2D eigenvalue weighted by molar-refractivity contribution is -0.252. The molecule has 1 aliphatic rings. The summed E-state index contributed by atoms with van der Waals surface area (Å²) in [7, 11) is 0. The van der Waals surface area contributed by atoms with E-state index in [1.807, 2.05) is 0 Å². The molecule has 1 aliphatic heterocycles. The predicted molar refractivity (Wildman–Crippen MR) is 52.8 cm³/mol. The van der Waals surface area contributed by atoms with Crippen LogP contribution in [0.1, 0.15) is 0 Å². The summed E-state index contributed by atoms with van der Waals surface area (Å²) in [4.78, 5) is 22.8. The zero-order chi connectivity index (χ0) is 13.5. The van der Waals surface area contributed by atoms with Crippen LogP contribution in [0.5, 0.6) is 0 Å². The summed E-state index contributed by atoms with van der Waals surface area (Å²) in [6, 6.07) is -1.29. The average molecular weight is 261 g/mol. The summed E-state index contributed by atoms with van der Waals surface area (Å²) in [5.74, 6) is 0. The van der Waals surface area contributed by atoms with E-state index in [2.05, 4.69) is 19.5 Å². The van der Waals surface area contributed by atoms with Crippen molar-refractivity contribution in [1.29, 1.82) is 0 Å². The molecule has 0 aromatic carbocycles. The van der Waals surface area contributed by atoms with Crippen LogP contribution in [0.25, 0.3) is 10.4 Å². The zero-order valence-electron chi connectivity index (χ0n) is 9.03. The molecular formula is C8H11N3O7. The second-order valence-corrected chi connectivity index (χ2v) is 3.38. The number of aliphatic hydroxyl groups excluding tert-OH is 2. The highest BCUT2D eigenvalue weighted by Crippen LogP contribution is 2.24. The molecule has 0 radical (unpaired) electrons. The Labute approximate surface area is 101 Å². The Morgan fingerprint density at radius 2 is 2.11 bits per heavy atom. The normalized spacial score (nSPS) is 35.1. The largest absolute Gasteiger partial charge is 0.465 e. The van der Waals surface area contributed by atoms with Crippen LogP contribution in [-0.4, -0.2) is 60.4 Å². The molecule has 100 valence electrons. The first-order valence-corrected chi connectivity index (χ1v) is 4.85. The third-order valence-corrected chi connectivity index (χ3v) is 2.39. The van der Waals surface area contributed by atoms with Gasteiger partial charge in [-0.05, 0) is 5.53 Å². The van der Waals surface area contributed by atoms with Crippen molar-refractivity contribution in [1.82, 2.24) is 0 Å². The number of azide groups is 1. The van der Waals surface area contributed by atoms with Crippen molar-refractivity contribution < 1.29 is 34.0 Å². The van der Waals surface area contributed by atoms with Crippen LogP contribution in [0.15, 0.2) is 5.11 Å². The van der Waals surface area contributed by atoms with Gasteiger partial charge in [0.25, 0.3) is 12.9 Å². The lowest BCUT2D eigenvalue weighted by atomic mass is 9.97. The molecule has 10 nitrogen and oxygen atoms in total. The molecule has 2 unspecified atom stereocenters. The number of carbonyl (C=O) groups excluding carboxylic acids is 2. The molecule has 1 fully saturated rings. The maximum atomic E-state index is 10.3. The second-order valence-electron chi connectivity index (χ2n) is 3.38. The minimum absolute atomic E-state index is 0.0451. The smallest absolute Gasteiger partial charge is 0.293 e. The van der Waals surface area contributed by atoms with E-state index in [4.69, 9.17) is 10.3 Å². The van der Waals surface area contributed by atoms with Gasteiger partial charge < -0.3 is 24.4 Å². The first-order valence-electron chi connectivity index (χ1n) is 4.85. The van der Waals surface area contributed by atoms with Crippen LogP contribution in [0, 0.1) is 0 Å². The van der Waals surface area contributed by atoms with E-state index in [0.29, 0.717) is 0 Å². The quantitative estimate of drug-likeness (QED) is 0.254. The van der Waals surface area contributed by atoms with Crippen molar-refractivity contribution in [3.63, 3.8) is 0 Å². The topological polar surface area (TPSA) is 151 Å². The number of carbonyl (C=O) groups is 2. The van der Waals surface area contributed by atoms with E-state index in [9.17, 15) is 19.8 Å². The van der Waals surface area contributed by atoms with Crippen molar-refractivity contribution in [2.75, 3.05) is 6.61 Å². The van der Waals surface area contributed by atoms with E-state index >= 15 is 0 Å². The van der Waals surface area contributed by atoms with Crippen molar-refractivity contribution in [2.24, 2.45) is 5.11 Å². The molecule has 5 atom stereocenters. The van der Waals surface area contributed by atoms with Gasteiger partial charge in [0, 0.05) is 4.91 Å². The highest BCUT2D eigenvalue weighted by Gasteiger charge is 2.46. The first kappa shape index (κ1) is 14.2. The standard InChI is InChI=1S/C8H11N3O7/c9-11-10-5-7(17-3-13)6(14)4(1-16-2-12)18-8(5)15/h2-8,14-15H,1H2/t4?,5-,6+,7?,8-/m1/s1. The molecule has 0 aromatic rings. The summed E-state index contributed by atoms with van der Waals surface area (Å²) in [5, 5.41) is 22.5. The molecule has 0 saturated carbocycles. The third-order valence-electron chi connectivity index (χ3n) is 2.39. The summed E-state index contributed by atoms with van der Waals surface area (Å²) in [6.45, 7) is -0.162. The molecule has 0 bridgehead atoms. The van der Waals surface area contributed by atoms with Crippen molar-refractivity contribution in [3.05, 3.63) is 10.4 Å². The first-order chi connectivity index (χ1) is 8.65. The summed E-state index contributed by atoms with van der Waals surface area (Å²) < 4.78 is 13.9. The van der Waals surface area contributed by atoms with Gasteiger partial charge in [0.15, 0.2) is 6.29 Å². The molecule has 0 aromatic heterocycles. The minimum Gasteiger partial charge on any atom is -0.465 e. The average Bonchev–Trinajstić information content (AvgIpc) is 2.36. The highest BCUT2D eigenvalue weighted by atomic mass is 16.6. The monoisotopic (exact) mass is 261 g/mol. The van der Waals surface area contributed by atoms with Crippen LogP contribution in [-0.2, 0) is 23.8 Å². The third kappa shape index (κ3) is 3.08. The Hall–Kier alpha value is -1.87.